The molecule has 0 radical (unpaired) electrons. The zero-order valence-electron chi connectivity index (χ0n) is 41.0. The van der Waals surface area contributed by atoms with E-state index in [0.717, 1.165) is 209 Å². The molecule has 0 spiro atoms. The molecule has 0 saturated heterocycles. The van der Waals surface area contributed by atoms with E-state index in [2.05, 4.69) is 60.5 Å². The largest absolute Gasteiger partial charge is 0.329 e. The van der Waals surface area contributed by atoms with Gasteiger partial charge in [-0.1, -0.05) is 0 Å². The molecule has 0 fully saturated rings. The molecule has 0 saturated carbocycles. The van der Waals surface area contributed by atoms with Gasteiger partial charge >= 0.3 is 0 Å². The number of nitrogens with two attached hydrogens (primary N) is 10. The Kier molecular flexibility index (Phi) is 47.9. The molecule has 22 heteroatoms. The highest BCUT2D eigenvalue weighted by atomic mass is 15.3. The molecule has 0 unspecified atom stereocenters. The van der Waals surface area contributed by atoms with Crippen molar-refractivity contribution < 1.29 is 0 Å². The molecule has 386 valence electrons. The lowest BCUT2D eigenvalue weighted by Gasteiger charge is -2.34. The minimum absolute atomic E-state index is 0.627. The molecule has 0 aromatic rings. The molecule has 0 aliphatic rings. The molecule has 0 aromatic carbocycles. The van der Waals surface area contributed by atoms with Crippen LogP contribution >= 0.6 is 0 Å². The van der Waals surface area contributed by atoms with Crippen LogP contribution in [0, 0.1) is 0 Å². The summed E-state index contributed by atoms with van der Waals surface area (Å²) in [6.45, 7) is 35.4. The van der Waals surface area contributed by atoms with Gasteiger partial charge in [-0.15, -0.1) is 0 Å². The van der Waals surface area contributed by atoms with E-state index < -0.39 is 0 Å². The zero-order chi connectivity index (χ0) is 47.1. The van der Waals surface area contributed by atoms with E-state index in [4.69, 9.17) is 57.3 Å². The quantitative estimate of drug-likeness (QED) is 0.0252. The Bertz CT molecular complexity index is 836. The second kappa shape index (κ2) is 48.6. The topological polar surface area (TPSA) is 334 Å². The summed E-state index contributed by atoms with van der Waals surface area (Å²) in [7, 11) is 0. The van der Waals surface area contributed by atoms with Crippen molar-refractivity contribution in [2.45, 2.75) is 0 Å². The summed E-state index contributed by atoms with van der Waals surface area (Å²) in [6.07, 6.45) is 0. The number of hydrogen-bond acceptors (Lipinski definition) is 22. The molecule has 0 rings (SSSR count). The molecule has 24 N–H and O–H groups in total. The van der Waals surface area contributed by atoms with Gasteiger partial charge in [-0.25, -0.2) is 0 Å². The van der Waals surface area contributed by atoms with Crippen LogP contribution in [0.2, 0.25) is 0 Å². The van der Waals surface area contributed by atoms with E-state index in [1.807, 2.05) is 0 Å². The van der Waals surface area contributed by atoms with Crippen molar-refractivity contribution in [3.8, 4) is 0 Å². The summed E-state index contributed by atoms with van der Waals surface area (Å²) in [5.41, 5.74) is 59.4. The monoisotopic (exact) mass is 921 g/mol. The van der Waals surface area contributed by atoms with Gasteiger partial charge < -0.3 is 78.6 Å². The van der Waals surface area contributed by atoms with E-state index in [1.165, 1.54) is 0 Å². The van der Waals surface area contributed by atoms with E-state index in [-0.39, 0.29) is 0 Å². The van der Waals surface area contributed by atoms with Crippen LogP contribution in [0.1, 0.15) is 0 Å². The number of hydrogen-bond donors (Lipinski definition) is 14. The van der Waals surface area contributed by atoms with Gasteiger partial charge in [0.15, 0.2) is 0 Å². The molecule has 0 bridgehead atoms. The molecule has 0 aliphatic carbocycles. The van der Waals surface area contributed by atoms with Crippen LogP contribution in [0.3, 0.4) is 0 Å². The van der Waals surface area contributed by atoms with Gasteiger partial charge in [0, 0.05) is 275 Å². The Hall–Kier alpha value is -0.880. The summed E-state index contributed by atoms with van der Waals surface area (Å²) in [5.74, 6) is 0. The van der Waals surface area contributed by atoms with Crippen molar-refractivity contribution in [1.29, 1.82) is 0 Å². The molecular weight excluding hydrogens is 813 g/mol. The molecule has 64 heavy (non-hydrogen) atoms. The Morgan fingerprint density at radius 2 is 0.297 bits per heavy atom. The lowest BCUT2D eigenvalue weighted by Crippen LogP contribution is -2.49. The summed E-state index contributed by atoms with van der Waals surface area (Å²) in [4.78, 5) is 20.2. The Morgan fingerprint density at radius 1 is 0.156 bits per heavy atom. The maximum absolute atomic E-state index is 6.14. The Morgan fingerprint density at radius 3 is 0.453 bits per heavy atom. The van der Waals surface area contributed by atoms with Crippen LogP contribution in [-0.4, -0.2) is 314 Å². The fourth-order valence-electron chi connectivity index (χ4n) is 7.62. The maximum atomic E-state index is 6.14. The molecule has 0 atom stereocenters. The van der Waals surface area contributed by atoms with Crippen LogP contribution < -0.4 is 78.6 Å². The van der Waals surface area contributed by atoms with Crippen molar-refractivity contribution in [2.75, 3.05) is 275 Å². The highest BCUT2D eigenvalue weighted by Crippen LogP contribution is 2.02. The minimum Gasteiger partial charge on any atom is -0.329 e. The average molecular weight is 921 g/mol. The zero-order valence-corrected chi connectivity index (χ0v) is 41.0. The smallest absolute Gasteiger partial charge is 0.0110 e. The molecule has 0 aromatic heterocycles. The number of nitrogens with zero attached hydrogens (tertiary/aromatic N) is 8. The first kappa shape index (κ1) is 63.1. The summed E-state index contributed by atoms with van der Waals surface area (Å²) in [6, 6.07) is 0. The van der Waals surface area contributed by atoms with Crippen LogP contribution in [0.5, 0.6) is 0 Å². The molecule has 22 nitrogen and oxygen atoms in total. The van der Waals surface area contributed by atoms with Crippen molar-refractivity contribution in [3.05, 3.63) is 0 Å². The first-order chi connectivity index (χ1) is 31.4. The highest BCUT2D eigenvalue weighted by molar-refractivity contribution is 4.75. The van der Waals surface area contributed by atoms with E-state index in [9.17, 15) is 0 Å². The predicted octanol–water partition coefficient (Wildman–Crippen LogP) is -8.65. The second-order valence-electron chi connectivity index (χ2n) is 16.6. The molecule has 0 heterocycles. The standard InChI is InChI=1S/C42H108N22/c43-1-11-53-15-25-59(23-9-51)31-37-63(39-35-61(27-17-55-13-3-45)33-29-57(19-5-47)20-6-48)41-42-64(38-32-60(24-10-52)26-16-54-12-2-44)40-36-62(28-18-56-14-4-46)34-30-58(21-7-49)22-8-50/h53-56H,1-52H2. The highest BCUT2D eigenvalue weighted by Gasteiger charge is 2.18. The predicted molar refractivity (Wildman–Crippen MR) is 274 cm³/mol. The second-order valence-corrected chi connectivity index (χ2v) is 16.6. The van der Waals surface area contributed by atoms with Gasteiger partial charge in [-0.2, -0.15) is 0 Å². The van der Waals surface area contributed by atoms with Gasteiger partial charge in [0.05, 0.1) is 0 Å². The molecule has 0 amide bonds. The van der Waals surface area contributed by atoms with Gasteiger partial charge in [-0.3, -0.25) is 39.2 Å². The van der Waals surface area contributed by atoms with Crippen LogP contribution in [0.4, 0.5) is 0 Å². The summed E-state index contributed by atoms with van der Waals surface area (Å²) < 4.78 is 0. The third-order valence-electron chi connectivity index (χ3n) is 11.5. The van der Waals surface area contributed by atoms with Crippen molar-refractivity contribution in [1.82, 2.24) is 60.5 Å². The average Bonchev–Trinajstić information content (AvgIpc) is 3.29. The third kappa shape index (κ3) is 38.1. The number of nitrogens with one attached hydrogen (secondary N) is 4. The van der Waals surface area contributed by atoms with Crippen LogP contribution in [-0.2, 0) is 0 Å². The van der Waals surface area contributed by atoms with Gasteiger partial charge in [0.25, 0.3) is 0 Å². The van der Waals surface area contributed by atoms with Gasteiger partial charge in [0.2, 0.25) is 0 Å². The number of rotatable bonds is 53. The molecule has 0 aliphatic heterocycles. The summed E-state index contributed by atoms with van der Waals surface area (Å²) >= 11 is 0. The first-order valence-electron chi connectivity index (χ1n) is 25.0. The Balaban J connectivity index is 6.43. The fourth-order valence-corrected chi connectivity index (χ4v) is 7.62. The summed E-state index contributed by atoms with van der Waals surface area (Å²) in [5, 5.41) is 14.0. The lowest BCUT2D eigenvalue weighted by molar-refractivity contribution is 0.131. The SMILES string of the molecule is NCCNCCN(CCN)CCN(CCN(CCNCCN)CCN(CCN)CCN)CCN(CCN(CCN)CCNCCN)CCN(CCNCCN)CCN(CCN)CCN. The van der Waals surface area contributed by atoms with Crippen molar-refractivity contribution in [2.24, 2.45) is 57.3 Å². The molecular formula is C42H108N22. The van der Waals surface area contributed by atoms with E-state index in [1.54, 1.807) is 0 Å². The first-order valence-corrected chi connectivity index (χ1v) is 25.0. The van der Waals surface area contributed by atoms with Crippen LogP contribution in [0.25, 0.3) is 0 Å². The normalized spacial score (nSPS) is 12.5. The van der Waals surface area contributed by atoms with Gasteiger partial charge in [0.1, 0.15) is 0 Å². The van der Waals surface area contributed by atoms with E-state index >= 15 is 0 Å². The van der Waals surface area contributed by atoms with Gasteiger partial charge in [-0.05, 0) is 0 Å². The fraction of sp³-hybridized carbons (Fsp3) is 1.00. The van der Waals surface area contributed by atoms with Crippen molar-refractivity contribution in [3.63, 3.8) is 0 Å². The van der Waals surface area contributed by atoms with E-state index in [0.29, 0.717) is 65.4 Å². The lowest BCUT2D eigenvalue weighted by atomic mass is 10.3. The Labute approximate surface area is 391 Å². The maximum Gasteiger partial charge on any atom is 0.0110 e. The third-order valence-corrected chi connectivity index (χ3v) is 11.5. The minimum atomic E-state index is 0.627. The van der Waals surface area contributed by atoms with Crippen molar-refractivity contribution >= 4 is 0 Å². The van der Waals surface area contributed by atoms with Crippen LogP contribution in [0.15, 0.2) is 0 Å².